The van der Waals surface area contributed by atoms with E-state index in [0.717, 1.165) is 12.1 Å². The number of sulfonamides is 1. The Morgan fingerprint density at radius 3 is 2.49 bits per heavy atom. The summed E-state index contributed by atoms with van der Waals surface area (Å²) in [6, 6.07) is 12.3. The molecule has 0 bridgehead atoms. The maximum absolute atomic E-state index is 13.2. The molecular formula is C25H24F3N3O3S. The van der Waals surface area contributed by atoms with Crippen LogP contribution < -0.4 is 0 Å². The number of halogens is 3. The van der Waals surface area contributed by atoms with Crippen LogP contribution in [0.3, 0.4) is 0 Å². The maximum Gasteiger partial charge on any atom is 0.416 e. The molecule has 0 aliphatic carbocycles. The summed E-state index contributed by atoms with van der Waals surface area (Å²) in [6.07, 6.45) is -1.69. The van der Waals surface area contributed by atoms with Crippen LogP contribution in [0.15, 0.2) is 65.8 Å². The van der Waals surface area contributed by atoms with Gasteiger partial charge in [0.05, 0.1) is 22.2 Å². The molecule has 0 spiro atoms. The Labute approximate surface area is 201 Å². The van der Waals surface area contributed by atoms with E-state index in [1.807, 2.05) is 0 Å². The quantitative estimate of drug-likeness (QED) is 0.462. The van der Waals surface area contributed by atoms with Crippen LogP contribution >= 0.6 is 0 Å². The van der Waals surface area contributed by atoms with E-state index >= 15 is 0 Å². The second-order valence-electron chi connectivity index (χ2n) is 8.48. The number of aromatic nitrogens is 2. The predicted molar refractivity (Wildman–Crippen MR) is 124 cm³/mol. The van der Waals surface area contributed by atoms with Gasteiger partial charge in [-0.15, -0.1) is 0 Å². The molecule has 1 aromatic heterocycles. The van der Waals surface area contributed by atoms with Crippen LogP contribution in [0.5, 0.6) is 0 Å². The number of carbonyl (C=O) groups excluding carboxylic acids is 1. The van der Waals surface area contributed by atoms with Crippen molar-refractivity contribution < 1.29 is 26.4 Å². The van der Waals surface area contributed by atoms with Crippen molar-refractivity contribution in [3.63, 3.8) is 0 Å². The first-order valence-corrected chi connectivity index (χ1v) is 12.6. The molecule has 184 valence electrons. The monoisotopic (exact) mass is 503 g/mol. The van der Waals surface area contributed by atoms with E-state index in [2.05, 4.69) is 9.97 Å². The molecule has 0 unspecified atom stereocenters. The minimum absolute atomic E-state index is 0.0912. The van der Waals surface area contributed by atoms with Crippen molar-refractivity contribution in [1.82, 2.24) is 14.3 Å². The van der Waals surface area contributed by atoms with Crippen LogP contribution in [0.25, 0.3) is 11.3 Å². The third-order valence-electron chi connectivity index (χ3n) is 6.11. The molecule has 0 radical (unpaired) electrons. The molecule has 0 amide bonds. The highest BCUT2D eigenvalue weighted by atomic mass is 32.2. The van der Waals surface area contributed by atoms with Crippen molar-refractivity contribution >= 4 is 15.8 Å². The lowest BCUT2D eigenvalue weighted by Crippen LogP contribution is -2.40. The standard InChI is InChI=1S/C25H24F3N3O3S/c1-17-5-2-3-7-24(17)35(33,34)31-14-4-6-22(31)23(32)13-12-20-15-21(30-16-29-20)18-8-10-19(11-9-18)25(26,27)28/h2-3,5,7-11,15-16,22H,4,6,12-14H2,1H3/t22-/m0/s1. The highest BCUT2D eigenvalue weighted by Gasteiger charge is 2.39. The Hall–Kier alpha value is -3.11. The number of Topliss-reactive ketones (excluding diaryl/α,β-unsaturated/α-hetero) is 1. The third-order valence-corrected chi connectivity index (χ3v) is 8.18. The molecule has 1 fully saturated rings. The molecule has 0 N–H and O–H groups in total. The summed E-state index contributed by atoms with van der Waals surface area (Å²) in [5, 5.41) is 0. The molecule has 4 rings (SSSR count). The largest absolute Gasteiger partial charge is 0.416 e. The van der Waals surface area contributed by atoms with E-state index in [4.69, 9.17) is 0 Å². The van der Waals surface area contributed by atoms with Crippen LogP contribution in [-0.4, -0.2) is 41.1 Å². The molecule has 3 aromatic rings. The summed E-state index contributed by atoms with van der Waals surface area (Å²) >= 11 is 0. The first kappa shape index (κ1) is 25.0. The number of ketones is 1. The zero-order chi connectivity index (χ0) is 25.2. The highest BCUT2D eigenvalue weighted by Crippen LogP contribution is 2.31. The van der Waals surface area contributed by atoms with E-state index in [0.29, 0.717) is 41.9 Å². The fourth-order valence-corrected chi connectivity index (χ4v) is 6.17. The predicted octanol–water partition coefficient (Wildman–Crippen LogP) is 4.83. The smallest absolute Gasteiger partial charge is 0.298 e. The lowest BCUT2D eigenvalue weighted by atomic mass is 10.0. The lowest BCUT2D eigenvalue weighted by molar-refractivity contribution is -0.137. The number of benzene rings is 2. The molecular weight excluding hydrogens is 479 g/mol. The van der Waals surface area contributed by atoms with Gasteiger partial charge in [0.25, 0.3) is 0 Å². The van der Waals surface area contributed by atoms with Crippen LogP contribution in [0, 0.1) is 6.92 Å². The molecule has 1 aliphatic heterocycles. The second kappa shape index (κ2) is 9.87. The molecule has 1 saturated heterocycles. The first-order chi connectivity index (χ1) is 16.6. The third kappa shape index (κ3) is 5.43. The fraction of sp³-hybridized carbons (Fsp3) is 0.320. The molecule has 1 atom stereocenters. The number of carbonyl (C=O) groups is 1. The maximum atomic E-state index is 13.2. The van der Waals surface area contributed by atoms with Crippen LogP contribution in [0.1, 0.15) is 36.1 Å². The van der Waals surface area contributed by atoms with Crippen LogP contribution in [-0.2, 0) is 27.4 Å². The normalized spacial score (nSPS) is 17.0. The zero-order valence-electron chi connectivity index (χ0n) is 19.0. The molecule has 1 aliphatic rings. The molecule has 2 heterocycles. The Bertz CT molecular complexity index is 1330. The van der Waals surface area contributed by atoms with Gasteiger partial charge in [-0.2, -0.15) is 17.5 Å². The molecule has 2 aromatic carbocycles. The van der Waals surface area contributed by atoms with Crippen LogP contribution in [0.4, 0.5) is 13.2 Å². The van der Waals surface area contributed by atoms with Crippen molar-refractivity contribution in [2.24, 2.45) is 0 Å². The van der Waals surface area contributed by atoms with Gasteiger partial charge >= 0.3 is 6.18 Å². The zero-order valence-corrected chi connectivity index (χ0v) is 19.8. The van der Waals surface area contributed by atoms with E-state index in [-0.39, 0.29) is 23.5 Å². The number of rotatable bonds is 7. The number of hydrogen-bond donors (Lipinski definition) is 0. The summed E-state index contributed by atoms with van der Waals surface area (Å²) in [5.41, 5.74) is 1.37. The topological polar surface area (TPSA) is 80.2 Å². The van der Waals surface area contributed by atoms with Gasteiger partial charge in [0, 0.05) is 24.2 Å². The van der Waals surface area contributed by atoms with Crippen molar-refractivity contribution in [1.29, 1.82) is 0 Å². The van der Waals surface area contributed by atoms with E-state index in [1.165, 1.54) is 22.8 Å². The van der Waals surface area contributed by atoms with E-state index in [9.17, 15) is 26.4 Å². The van der Waals surface area contributed by atoms with Gasteiger partial charge in [-0.05, 0) is 56.0 Å². The minimum Gasteiger partial charge on any atom is -0.298 e. The Balaban J connectivity index is 1.45. The van der Waals surface area contributed by atoms with E-state index in [1.54, 1.807) is 37.3 Å². The summed E-state index contributed by atoms with van der Waals surface area (Å²) in [4.78, 5) is 21.5. The van der Waals surface area contributed by atoms with Crippen molar-refractivity contribution in [2.75, 3.05) is 6.54 Å². The molecule has 10 heteroatoms. The van der Waals surface area contributed by atoms with Crippen molar-refractivity contribution in [2.45, 2.75) is 49.7 Å². The Morgan fingerprint density at radius 1 is 1.09 bits per heavy atom. The number of hydrogen-bond acceptors (Lipinski definition) is 5. The lowest BCUT2D eigenvalue weighted by Gasteiger charge is -2.24. The number of alkyl halides is 3. The Kier molecular flexibility index (Phi) is 7.05. The number of aryl methyl sites for hydroxylation is 2. The summed E-state index contributed by atoms with van der Waals surface area (Å²) < 4.78 is 66.2. The molecule has 0 saturated carbocycles. The van der Waals surface area contributed by atoms with Gasteiger partial charge < -0.3 is 0 Å². The SMILES string of the molecule is Cc1ccccc1S(=O)(=O)N1CCC[C@H]1C(=O)CCc1cc(-c2ccc(C(F)(F)F)cc2)ncn1. The van der Waals surface area contributed by atoms with E-state index < -0.39 is 27.8 Å². The average Bonchev–Trinajstić information content (AvgIpc) is 3.34. The van der Waals surface area contributed by atoms with Crippen molar-refractivity contribution in [3.8, 4) is 11.3 Å². The average molecular weight is 504 g/mol. The fourth-order valence-electron chi connectivity index (χ4n) is 4.26. The van der Waals surface area contributed by atoms with Crippen molar-refractivity contribution in [3.05, 3.63) is 77.7 Å². The van der Waals surface area contributed by atoms with Gasteiger partial charge in [-0.25, -0.2) is 18.4 Å². The van der Waals surface area contributed by atoms with Gasteiger partial charge in [-0.3, -0.25) is 4.79 Å². The first-order valence-electron chi connectivity index (χ1n) is 11.2. The number of nitrogens with zero attached hydrogens (tertiary/aromatic N) is 3. The van der Waals surface area contributed by atoms with Gasteiger partial charge in [0.1, 0.15) is 6.33 Å². The highest BCUT2D eigenvalue weighted by molar-refractivity contribution is 7.89. The van der Waals surface area contributed by atoms with Gasteiger partial charge in [-0.1, -0.05) is 30.3 Å². The summed E-state index contributed by atoms with van der Waals surface area (Å²) in [7, 11) is -3.80. The summed E-state index contributed by atoms with van der Waals surface area (Å²) in [6.45, 7) is 2.02. The Morgan fingerprint density at radius 2 is 1.80 bits per heavy atom. The second-order valence-corrected chi connectivity index (χ2v) is 10.3. The minimum atomic E-state index is -4.42. The summed E-state index contributed by atoms with van der Waals surface area (Å²) in [5.74, 6) is -0.186. The van der Waals surface area contributed by atoms with Gasteiger partial charge in [0.2, 0.25) is 10.0 Å². The molecule has 35 heavy (non-hydrogen) atoms. The molecule has 6 nitrogen and oxygen atoms in total. The van der Waals surface area contributed by atoms with Crippen LogP contribution in [0.2, 0.25) is 0 Å². The van der Waals surface area contributed by atoms with Gasteiger partial charge in [0.15, 0.2) is 5.78 Å².